The predicted molar refractivity (Wildman–Crippen MR) is 84.0 cm³/mol. The van der Waals surface area contributed by atoms with Crippen molar-refractivity contribution in [3.05, 3.63) is 71.3 Å². The lowest BCUT2D eigenvalue weighted by Gasteiger charge is -2.20. The van der Waals surface area contributed by atoms with Gasteiger partial charge in [-0.2, -0.15) is 0 Å². The summed E-state index contributed by atoms with van der Waals surface area (Å²) in [5, 5.41) is 0. The molecule has 2 aromatic rings. The molecule has 2 aromatic carbocycles. The van der Waals surface area contributed by atoms with Gasteiger partial charge in [-0.3, -0.25) is 0 Å². The van der Waals surface area contributed by atoms with Crippen LogP contribution in [0.15, 0.2) is 54.6 Å². The molecule has 2 nitrogen and oxygen atoms in total. The first-order valence-corrected chi connectivity index (χ1v) is 7.04. The molecule has 0 spiro atoms. The lowest BCUT2D eigenvalue weighted by molar-refractivity contribution is 0.0687. The highest BCUT2D eigenvalue weighted by Gasteiger charge is 2.14. The Bertz CT molecular complexity index is 505. The van der Waals surface area contributed by atoms with Gasteiger partial charge in [0.2, 0.25) is 0 Å². The fourth-order valence-electron chi connectivity index (χ4n) is 2.11. The second kappa shape index (κ2) is 7.22. The molecule has 0 unspecified atom stereocenters. The Kier molecular flexibility index (Phi) is 5.33. The van der Waals surface area contributed by atoms with Crippen LogP contribution in [-0.2, 0) is 4.74 Å². The second-order valence-corrected chi connectivity index (χ2v) is 5.38. The molecular formula is C18H23NO. The predicted octanol–water partition coefficient (Wildman–Crippen LogP) is 3.66. The second-order valence-electron chi connectivity index (χ2n) is 5.38. The number of aryl methyl sites for hydroxylation is 1. The summed E-state index contributed by atoms with van der Waals surface area (Å²) in [5.74, 6) is 0. The maximum atomic E-state index is 6.12. The third-order valence-corrected chi connectivity index (χ3v) is 3.31. The summed E-state index contributed by atoms with van der Waals surface area (Å²) in [7, 11) is 4.12. The zero-order valence-corrected chi connectivity index (χ0v) is 12.5. The van der Waals surface area contributed by atoms with E-state index >= 15 is 0 Å². The molecule has 0 aromatic heterocycles. The third-order valence-electron chi connectivity index (χ3n) is 3.31. The van der Waals surface area contributed by atoms with E-state index < -0.39 is 0 Å². The molecule has 0 saturated heterocycles. The first-order chi connectivity index (χ1) is 9.66. The minimum absolute atomic E-state index is 0.0109. The van der Waals surface area contributed by atoms with Gasteiger partial charge in [0.25, 0.3) is 0 Å². The summed E-state index contributed by atoms with van der Waals surface area (Å²) >= 11 is 0. The number of hydrogen-bond donors (Lipinski definition) is 0. The molecule has 0 aliphatic heterocycles. The Morgan fingerprint density at radius 2 is 1.50 bits per heavy atom. The summed E-state index contributed by atoms with van der Waals surface area (Å²) in [5.41, 5.74) is 3.68. The van der Waals surface area contributed by atoms with Crippen LogP contribution in [0.5, 0.6) is 0 Å². The van der Waals surface area contributed by atoms with Gasteiger partial charge >= 0.3 is 0 Å². The molecule has 20 heavy (non-hydrogen) atoms. The van der Waals surface area contributed by atoms with Crippen molar-refractivity contribution < 1.29 is 4.74 Å². The Hall–Kier alpha value is -1.64. The fraction of sp³-hybridized carbons (Fsp3) is 0.333. The third kappa shape index (κ3) is 4.19. The minimum atomic E-state index is 0.0109. The van der Waals surface area contributed by atoms with E-state index in [9.17, 15) is 0 Å². The normalized spacial score (nSPS) is 12.6. The van der Waals surface area contributed by atoms with Crippen LogP contribution in [-0.4, -0.2) is 32.1 Å². The van der Waals surface area contributed by atoms with Crippen LogP contribution < -0.4 is 0 Å². The maximum Gasteiger partial charge on any atom is 0.108 e. The first-order valence-electron chi connectivity index (χ1n) is 7.04. The molecule has 0 aliphatic carbocycles. The molecule has 0 aliphatic rings. The Morgan fingerprint density at radius 1 is 0.900 bits per heavy atom. The Morgan fingerprint density at radius 3 is 2.10 bits per heavy atom. The Labute approximate surface area is 122 Å². The van der Waals surface area contributed by atoms with E-state index in [1.54, 1.807) is 0 Å². The summed E-state index contributed by atoms with van der Waals surface area (Å²) < 4.78 is 6.12. The van der Waals surface area contributed by atoms with E-state index in [4.69, 9.17) is 4.74 Å². The zero-order chi connectivity index (χ0) is 14.4. The zero-order valence-electron chi connectivity index (χ0n) is 12.5. The average Bonchev–Trinajstić information content (AvgIpc) is 2.46. The van der Waals surface area contributed by atoms with E-state index in [0.29, 0.717) is 0 Å². The van der Waals surface area contributed by atoms with Crippen LogP contribution in [0, 0.1) is 6.92 Å². The largest absolute Gasteiger partial charge is 0.367 e. The van der Waals surface area contributed by atoms with Crippen molar-refractivity contribution in [1.29, 1.82) is 0 Å². The van der Waals surface area contributed by atoms with Crippen molar-refractivity contribution in [3.63, 3.8) is 0 Å². The van der Waals surface area contributed by atoms with Crippen LogP contribution in [0.4, 0.5) is 0 Å². The van der Waals surface area contributed by atoms with E-state index in [1.165, 1.54) is 16.7 Å². The minimum Gasteiger partial charge on any atom is -0.367 e. The summed E-state index contributed by atoms with van der Waals surface area (Å²) in [4.78, 5) is 2.14. The first kappa shape index (κ1) is 14.8. The molecule has 0 bridgehead atoms. The van der Waals surface area contributed by atoms with E-state index in [-0.39, 0.29) is 6.10 Å². The molecule has 0 N–H and O–H groups in total. The molecule has 0 heterocycles. The SMILES string of the molecule is Cc1ccc([C@H](OCCN(C)C)c2ccccc2)cc1. The van der Waals surface area contributed by atoms with Gasteiger partial charge in [0.15, 0.2) is 0 Å². The van der Waals surface area contributed by atoms with Crippen molar-refractivity contribution in [2.45, 2.75) is 13.0 Å². The van der Waals surface area contributed by atoms with Crippen LogP contribution in [0.2, 0.25) is 0 Å². The van der Waals surface area contributed by atoms with Gasteiger partial charge in [-0.05, 0) is 32.1 Å². The lowest BCUT2D eigenvalue weighted by Crippen LogP contribution is -2.20. The summed E-state index contributed by atoms with van der Waals surface area (Å²) in [6, 6.07) is 19.0. The molecule has 2 heteroatoms. The van der Waals surface area contributed by atoms with E-state index in [0.717, 1.165) is 13.2 Å². The highest BCUT2D eigenvalue weighted by molar-refractivity contribution is 5.31. The number of hydrogen-bond acceptors (Lipinski definition) is 2. The van der Waals surface area contributed by atoms with Gasteiger partial charge in [0, 0.05) is 6.54 Å². The number of rotatable bonds is 6. The molecule has 106 valence electrons. The highest BCUT2D eigenvalue weighted by Crippen LogP contribution is 2.26. The topological polar surface area (TPSA) is 12.5 Å². The van der Waals surface area contributed by atoms with Crippen molar-refractivity contribution in [1.82, 2.24) is 4.90 Å². The number of ether oxygens (including phenoxy) is 1. The summed E-state index contributed by atoms with van der Waals surface area (Å²) in [6.45, 7) is 3.75. The van der Waals surface area contributed by atoms with Crippen molar-refractivity contribution in [3.8, 4) is 0 Å². The van der Waals surface area contributed by atoms with Crippen molar-refractivity contribution in [2.75, 3.05) is 27.2 Å². The van der Waals surface area contributed by atoms with Crippen LogP contribution in [0.25, 0.3) is 0 Å². The molecule has 0 amide bonds. The van der Waals surface area contributed by atoms with Gasteiger partial charge in [-0.15, -0.1) is 0 Å². The van der Waals surface area contributed by atoms with Crippen molar-refractivity contribution >= 4 is 0 Å². The lowest BCUT2D eigenvalue weighted by atomic mass is 10.0. The standard InChI is InChI=1S/C18H23NO/c1-15-9-11-17(12-10-15)18(20-14-13-19(2)3)16-7-5-4-6-8-16/h4-12,18H,13-14H2,1-3H3/t18-/m1/s1. The van der Waals surface area contributed by atoms with Gasteiger partial charge in [0.05, 0.1) is 6.61 Å². The van der Waals surface area contributed by atoms with Gasteiger partial charge in [-0.25, -0.2) is 0 Å². The molecule has 0 fully saturated rings. The van der Waals surface area contributed by atoms with E-state index in [1.807, 2.05) is 6.07 Å². The number of benzene rings is 2. The molecular weight excluding hydrogens is 246 g/mol. The molecule has 0 saturated carbocycles. The van der Waals surface area contributed by atoms with Crippen LogP contribution in [0.1, 0.15) is 22.8 Å². The van der Waals surface area contributed by atoms with Gasteiger partial charge in [-0.1, -0.05) is 60.2 Å². The number of likely N-dealkylation sites (N-methyl/N-ethyl adjacent to an activating group) is 1. The van der Waals surface area contributed by atoms with Crippen LogP contribution in [0.3, 0.4) is 0 Å². The smallest absolute Gasteiger partial charge is 0.108 e. The number of nitrogens with zero attached hydrogens (tertiary/aromatic N) is 1. The molecule has 0 radical (unpaired) electrons. The quantitative estimate of drug-likeness (QED) is 0.793. The highest BCUT2D eigenvalue weighted by atomic mass is 16.5. The van der Waals surface area contributed by atoms with Crippen molar-refractivity contribution in [2.24, 2.45) is 0 Å². The molecule has 2 rings (SSSR count). The van der Waals surface area contributed by atoms with Crippen LogP contribution >= 0.6 is 0 Å². The van der Waals surface area contributed by atoms with Gasteiger partial charge < -0.3 is 9.64 Å². The monoisotopic (exact) mass is 269 g/mol. The van der Waals surface area contributed by atoms with Gasteiger partial charge in [0.1, 0.15) is 6.10 Å². The fourth-order valence-corrected chi connectivity index (χ4v) is 2.11. The Balaban J connectivity index is 2.18. The average molecular weight is 269 g/mol. The summed E-state index contributed by atoms with van der Waals surface area (Å²) in [6.07, 6.45) is 0.0109. The maximum absolute atomic E-state index is 6.12. The molecule has 1 atom stereocenters. The van der Waals surface area contributed by atoms with E-state index in [2.05, 4.69) is 74.4 Å².